The van der Waals surface area contributed by atoms with Crippen molar-refractivity contribution in [1.82, 2.24) is 4.90 Å². The minimum Gasteiger partial charge on any atom is -0.369 e. The summed E-state index contributed by atoms with van der Waals surface area (Å²) in [4.78, 5) is 12.2. The summed E-state index contributed by atoms with van der Waals surface area (Å²) in [6.07, 6.45) is 1.34. The second kappa shape index (κ2) is 7.18. The second-order valence-electron chi connectivity index (χ2n) is 4.95. The highest BCUT2D eigenvalue weighted by atomic mass is 19.1. The number of hydrogen-bond donors (Lipinski definition) is 0. The summed E-state index contributed by atoms with van der Waals surface area (Å²) in [5, 5.41) is 19.9. The van der Waals surface area contributed by atoms with Crippen LogP contribution in [-0.2, 0) is 6.54 Å². The van der Waals surface area contributed by atoms with Crippen LogP contribution in [0.2, 0.25) is 0 Å². The Labute approximate surface area is 133 Å². The zero-order chi connectivity index (χ0) is 16.8. The van der Waals surface area contributed by atoms with Gasteiger partial charge in [0, 0.05) is 37.4 Å². The number of benzene rings is 2. The van der Waals surface area contributed by atoms with Gasteiger partial charge in [-0.05, 0) is 17.7 Å². The Hall–Kier alpha value is -3.20. The maximum Gasteiger partial charge on any atom is 0.270 e. The van der Waals surface area contributed by atoms with Crippen molar-refractivity contribution >= 4 is 11.4 Å². The third-order valence-corrected chi connectivity index (χ3v) is 3.30. The van der Waals surface area contributed by atoms with E-state index in [0.29, 0.717) is 17.8 Å². The van der Waals surface area contributed by atoms with E-state index < -0.39 is 4.92 Å². The lowest BCUT2D eigenvalue weighted by Gasteiger charge is -2.22. The highest BCUT2D eigenvalue weighted by Crippen LogP contribution is 2.23. The quantitative estimate of drug-likeness (QED) is 0.479. The van der Waals surface area contributed by atoms with E-state index in [9.17, 15) is 14.5 Å². The number of hydrogen-bond acceptors (Lipinski definition) is 4. The molecule has 6 heteroatoms. The van der Waals surface area contributed by atoms with Crippen LogP contribution in [0.1, 0.15) is 11.1 Å². The van der Waals surface area contributed by atoms with Crippen molar-refractivity contribution in [1.29, 1.82) is 5.26 Å². The molecule has 0 saturated heterocycles. The van der Waals surface area contributed by atoms with Crippen LogP contribution in [-0.4, -0.2) is 16.9 Å². The lowest BCUT2D eigenvalue weighted by molar-refractivity contribution is -0.384. The van der Waals surface area contributed by atoms with Gasteiger partial charge in [0.05, 0.1) is 16.7 Å². The molecule has 0 spiro atoms. The molecule has 0 amide bonds. The molecule has 2 rings (SSSR count). The zero-order valence-corrected chi connectivity index (χ0v) is 12.4. The molecule has 0 aliphatic carbocycles. The SMILES string of the molecule is CN(Cc1ccc(F)cc1)C(=CC#N)c1cccc([N+](=O)[O-])c1. The van der Waals surface area contributed by atoms with Gasteiger partial charge >= 0.3 is 0 Å². The first-order chi connectivity index (χ1) is 11.0. The summed E-state index contributed by atoms with van der Waals surface area (Å²) in [5.74, 6) is -0.317. The van der Waals surface area contributed by atoms with Gasteiger partial charge in [0.15, 0.2) is 0 Å². The fraction of sp³-hybridized carbons (Fsp3) is 0.118. The van der Waals surface area contributed by atoms with Gasteiger partial charge in [-0.1, -0.05) is 24.3 Å². The summed E-state index contributed by atoms with van der Waals surface area (Å²) >= 11 is 0. The van der Waals surface area contributed by atoms with E-state index >= 15 is 0 Å². The molecule has 0 bridgehead atoms. The fourth-order valence-electron chi connectivity index (χ4n) is 2.20. The Kier molecular flexibility index (Phi) is 5.05. The van der Waals surface area contributed by atoms with Gasteiger partial charge in [0.25, 0.3) is 5.69 Å². The highest BCUT2D eigenvalue weighted by molar-refractivity contribution is 5.67. The summed E-state index contributed by atoms with van der Waals surface area (Å²) < 4.78 is 13.0. The number of nitro groups is 1. The Balaban J connectivity index is 2.29. The van der Waals surface area contributed by atoms with Crippen LogP contribution in [0.3, 0.4) is 0 Å². The van der Waals surface area contributed by atoms with Crippen LogP contribution in [0.15, 0.2) is 54.6 Å². The van der Waals surface area contributed by atoms with Crippen LogP contribution in [0, 0.1) is 27.3 Å². The topological polar surface area (TPSA) is 70.2 Å². The monoisotopic (exact) mass is 311 g/mol. The van der Waals surface area contributed by atoms with Crippen molar-refractivity contribution in [3.63, 3.8) is 0 Å². The summed E-state index contributed by atoms with van der Waals surface area (Å²) in [7, 11) is 1.77. The normalized spacial score (nSPS) is 10.9. The van der Waals surface area contributed by atoms with E-state index in [2.05, 4.69) is 0 Å². The molecule has 0 aromatic heterocycles. The average molecular weight is 311 g/mol. The van der Waals surface area contributed by atoms with Crippen LogP contribution < -0.4 is 0 Å². The maximum absolute atomic E-state index is 13.0. The van der Waals surface area contributed by atoms with E-state index in [1.807, 2.05) is 6.07 Å². The third kappa shape index (κ3) is 4.14. The van der Waals surface area contributed by atoms with Crippen LogP contribution in [0.4, 0.5) is 10.1 Å². The highest BCUT2D eigenvalue weighted by Gasteiger charge is 2.12. The first-order valence-corrected chi connectivity index (χ1v) is 6.81. The fourth-order valence-corrected chi connectivity index (χ4v) is 2.20. The Morgan fingerprint density at radius 2 is 2.04 bits per heavy atom. The number of allylic oxidation sites excluding steroid dienone is 1. The average Bonchev–Trinajstić information content (AvgIpc) is 2.54. The largest absolute Gasteiger partial charge is 0.369 e. The predicted octanol–water partition coefficient (Wildman–Crippen LogP) is 3.73. The molecule has 2 aromatic carbocycles. The van der Waals surface area contributed by atoms with Crippen LogP contribution >= 0.6 is 0 Å². The van der Waals surface area contributed by atoms with Crippen molar-refractivity contribution in [2.75, 3.05) is 7.05 Å². The number of non-ortho nitro benzene ring substituents is 1. The molecule has 0 atom stereocenters. The number of nitriles is 1. The lowest BCUT2D eigenvalue weighted by Crippen LogP contribution is -2.16. The third-order valence-electron chi connectivity index (χ3n) is 3.30. The van der Waals surface area contributed by atoms with Crippen molar-refractivity contribution < 1.29 is 9.31 Å². The summed E-state index contributed by atoms with van der Waals surface area (Å²) in [6.45, 7) is 0.441. The molecule has 0 heterocycles. The van der Waals surface area contributed by atoms with Gasteiger partial charge in [-0.3, -0.25) is 10.1 Å². The number of halogens is 1. The zero-order valence-electron chi connectivity index (χ0n) is 12.4. The van der Waals surface area contributed by atoms with E-state index in [-0.39, 0.29) is 11.5 Å². The van der Waals surface area contributed by atoms with E-state index in [1.165, 1.54) is 30.3 Å². The molecule has 0 fully saturated rings. The van der Waals surface area contributed by atoms with Crippen LogP contribution in [0.5, 0.6) is 0 Å². The van der Waals surface area contributed by atoms with Crippen molar-refractivity contribution in [2.24, 2.45) is 0 Å². The van der Waals surface area contributed by atoms with Crippen molar-refractivity contribution in [2.45, 2.75) is 6.54 Å². The van der Waals surface area contributed by atoms with Crippen molar-refractivity contribution in [3.8, 4) is 6.07 Å². The van der Waals surface area contributed by atoms with Gasteiger partial charge in [-0.2, -0.15) is 5.26 Å². The van der Waals surface area contributed by atoms with E-state index in [4.69, 9.17) is 5.26 Å². The van der Waals surface area contributed by atoms with Gasteiger partial charge in [0.2, 0.25) is 0 Å². The van der Waals surface area contributed by atoms with Crippen LogP contribution in [0.25, 0.3) is 5.70 Å². The number of rotatable bonds is 5. The van der Waals surface area contributed by atoms with E-state index in [1.54, 1.807) is 36.2 Å². The molecular formula is C17H14FN3O2. The van der Waals surface area contributed by atoms with Gasteiger partial charge in [-0.25, -0.2) is 4.39 Å². The van der Waals surface area contributed by atoms with Crippen molar-refractivity contribution in [3.05, 3.63) is 81.7 Å². The molecule has 0 aliphatic heterocycles. The first-order valence-electron chi connectivity index (χ1n) is 6.81. The molecule has 0 unspecified atom stereocenters. The maximum atomic E-state index is 13.0. The molecule has 0 aliphatic rings. The molecule has 0 saturated carbocycles. The van der Waals surface area contributed by atoms with Gasteiger partial charge < -0.3 is 4.90 Å². The number of nitro benzene ring substituents is 1. The smallest absolute Gasteiger partial charge is 0.270 e. The molecule has 0 radical (unpaired) electrons. The Morgan fingerprint density at radius 1 is 1.35 bits per heavy atom. The molecule has 116 valence electrons. The van der Waals surface area contributed by atoms with E-state index in [0.717, 1.165) is 5.56 Å². The minimum atomic E-state index is -0.479. The molecule has 2 aromatic rings. The lowest BCUT2D eigenvalue weighted by atomic mass is 10.1. The number of nitrogens with zero attached hydrogens (tertiary/aromatic N) is 3. The molecule has 5 nitrogen and oxygen atoms in total. The Morgan fingerprint density at radius 3 is 2.65 bits per heavy atom. The minimum absolute atomic E-state index is 0.0403. The molecule has 23 heavy (non-hydrogen) atoms. The summed E-state index contributed by atoms with van der Waals surface area (Å²) in [5.41, 5.74) is 1.95. The standard InChI is InChI=1S/C17H14FN3O2/c1-20(12-13-5-7-15(18)8-6-13)17(9-10-19)14-3-2-4-16(11-14)21(22)23/h2-9,11H,12H2,1H3. The molecule has 0 N–H and O–H groups in total. The second-order valence-corrected chi connectivity index (χ2v) is 4.95. The molecular weight excluding hydrogens is 297 g/mol. The summed E-state index contributed by atoms with van der Waals surface area (Å²) in [6, 6.07) is 14.1. The first kappa shape index (κ1) is 16.2. The van der Waals surface area contributed by atoms with Gasteiger partial charge in [-0.15, -0.1) is 0 Å². The Bertz CT molecular complexity index is 779. The van der Waals surface area contributed by atoms with Gasteiger partial charge in [0.1, 0.15) is 5.82 Å². The predicted molar refractivity (Wildman–Crippen MR) is 84.6 cm³/mol.